The average Bonchev–Trinajstić information content (AvgIpc) is 2.63. The number of pyridine rings is 1. The van der Waals surface area contributed by atoms with Crippen molar-refractivity contribution in [3.8, 4) is 11.5 Å². The second-order valence-electron chi connectivity index (χ2n) is 5.81. The van der Waals surface area contributed by atoms with E-state index in [1.165, 1.54) is 0 Å². The Kier molecular flexibility index (Phi) is 5.42. The molecule has 1 heterocycles. The molecule has 4 nitrogen and oxygen atoms in total. The van der Waals surface area contributed by atoms with E-state index in [-0.39, 0.29) is 5.91 Å². The van der Waals surface area contributed by atoms with Gasteiger partial charge in [-0.3, -0.25) is 9.78 Å². The summed E-state index contributed by atoms with van der Waals surface area (Å²) in [5.74, 6) is 1.50. The van der Waals surface area contributed by atoms with Crippen LogP contribution in [-0.4, -0.2) is 10.9 Å². The normalized spacial score (nSPS) is 10.3. The summed E-state index contributed by atoms with van der Waals surface area (Å²) in [7, 11) is 0. The summed E-state index contributed by atoms with van der Waals surface area (Å²) in [6, 6.07) is 21.0. The number of aromatic nitrogens is 1. The number of anilines is 1. The van der Waals surface area contributed by atoms with E-state index in [1.54, 1.807) is 6.20 Å². The molecule has 2 aromatic carbocycles. The third kappa shape index (κ3) is 5.18. The molecule has 0 aliphatic carbocycles. The maximum atomic E-state index is 12.0. The molecule has 0 atom stereocenters. The molecule has 0 saturated heterocycles. The number of aryl methyl sites for hydroxylation is 2. The lowest BCUT2D eigenvalue weighted by Crippen LogP contribution is -2.12. The highest BCUT2D eigenvalue weighted by atomic mass is 16.5. The number of amides is 1. The number of benzene rings is 2. The minimum atomic E-state index is -0.0296. The van der Waals surface area contributed by atoms with E-state index in [9.17, 15) is 4.79 Å². The first-order valence-corrected chi connectivity index (χ1v) is 8.23. The fraction of sp³-hybridized carbons (Fsp3) is 0.143. The third-order valence-electron chi connectivity index (χ3n) is 3.70. The number of hydrogen-bond donors (Lipinski definition) is 1. The van der Waals surface area contributed by atoms with Gasteiger partial charge < -0.3 is 10.1 Å². The Balaban J connectivity index is 1.52. The topological polar surface area (TPSA) is 51.2 Å². The highest BCUT2D eigenvalue weighted by molar-refractivity contribution is 5.90. The zero-order valence-corrected chi connectivity index (χ0v) is 14.1. The van der Waals surface area contributed by atoms with E-state index in [1.807, 2.05) is 73.7 Å². The lowest BCUT2D eigenvalue weighted by molar-refractivity contribution is -0.116. The number of nitrogens with one attached hydrogen (secondary N) is 1. The number of nitrogens with zero attached hydrogens (tertiary/aromatic N) is 1. The molecule has 1 N–H and O–H groups in total. The molecule has 0 aliphatic heterocycles. The Bertz CT molecular complexity index is 830. The largest absolute Gasteiger partial charge is 0.457 e. The molecule has 0 aliphatic rings. The van der Waals surface area contributed by atoms with Gasteiger partial charge in [-0.1, -0.05) is 18.2 Å². The second kappa shape index (κ2) is 8.11. The van der Waals surface area contributed by atoms with Crippen molar-refractivity contribution in [2.45, 2.75) is 19.8 Å². The number of carbonyl (C=O) groups excluding carboxylic acids is 1. The van der Waals surface area contributed by atoms with Gasteiger partial charge in [-0.25, -0.2) is 0 Å². The van der Waals surface area contributed by atoms with Gasteiger partial charge in [-0.15, -0.1) is 0 Å². The molecular weight excluding hydrogens is 312 g/mol. The summed E-state index contributed by atoms with van der Waals surface area (Å²) in [5.41, 5.74) is 2.82. The van der Waals surface area contributed by atoms with Crippen LogP contribution in [0.25, 0.3) is 0 Å². The predicted octanol–water partition coefficient (Wildman–Crippen LogP) is 4.75. The molecule has 25 heavy (non-hydrogen) atoms. The van der Waals surface area contributed by atoms with Crippen LogP contribution in [0.1, 0.15) is 17.7 Å². The predicted molar refractivity (Wildman–Crippen MR) is 98.9 cm³/mol. The number of hydrogen-bond acceptors (Lipinski definition) is 3. The molecule has 0 fully saturated rings. The Morgan fingerprint density at radius 3 is 2.56 bits per heavy atom. The van der Waals surface area contributed by atoms with Gasteiger partial charge in [0, 0.05) is 24.0 Å². The summed E-state index contributed by atoms with van der Waals surface area (Å²) < 4.78 is 5.80. The molecule has 0 unspecified atom stereocenters. The van der Waals surface area contributed by atoms with Crippen molar-refractivity contribution in [1.82, 2.24) is 4.98 Å². The zero-order chi connectivity index (χ0) is 17.5. The maximum absolute atomic E-state index is 12.0. The van der Waals surface area contributed by atoms with Gasteiger partial charge in [-0.2, -0.15) is 0 Å². The maximum Gasteiger partial charge on any atom is 0.224 e. The van der Waals surface area contributed by atoms with Crippen molar-refractivity contribution in [2.24, 2.45) is 0 Å². The first-order chi connectivity index (χ1) is 12.2. The quantitative estimate of drug-likeness (QED) is 0.708. The van der Waals surface area contributed by atoms with Gasteiger partial charge in [0.05, 0.1) is 0 Å². The van der Waals surface area contributed by atoms with Crippen molar-refractivity contribution >= 4 is 11.6 Å². The molecule has 0 spiro atoms. The van der Waals surface area contributed by atoms with E-state index in [0.717, 1.165) is 28.4 Å². The molecule has 3 rings (SSSR count). The third-order valence-corrected chi connectivity index (χ3v) is 3.70. The molecule has 126 valence electrons. The Morgan fingerprint density at radius 2 is 1.84 bits per heavy atom. The summed E-state index contributed by atoms with van der Waals surface area (Å²) in [4.78, 5) is 16.2. The number of ether oxygens (including phenoxy) is 1. The van der Waals surface area contributed by atoms with Crippen LogP contribution in [0.5, 0.6) is 11.5 Å². The summed E-state index contributed by atoms with van der Waals surface area (Å²) in [6.07, 6.45) is 2.76. The Hall–Kier alpha value is -3.14. The van der Waals surface area contributed by atoms with Crippen LogP contribution >= 0.6 is 0 Å². The van der Waals surface area contributed by atoms with E-state index in [0.29, 0.717) is 12.8 Å². The van der Waals surface area contributed by atoms with Crippen molar-refractivity contribution in [1.29, 1.82) is 0 Å². The lowest BCUT2D eigenvalue weighted by atomic mass is 10.2. The monoisotopic (exact) mass is 332 g/mol. The average molecular weight is 332 g/mol. The van der Waals surface area contributed by atoms with Gasteiger partial charge in [-0.05, 0) is 67.4 Å². The fourth-order valence-electron chi connectivity index (χ4n) is 2.43. The molecule has 0 bridgehead atoms. The second-order valence-corrected chi connectivity index (χ2v) is 5.81. The van der Waals surface area contributed by atoms with E-state index in [4.69, 9.17) is 4.74 Å². The molecule has 3 aromatic rings. The highest BCUT2D eigenvalue weighted by Crippen LogP contribution is 2.23. The summed E-state index contributed by atoms with van der Waals surface area (Å²) in [6.45, 7) is 2.02. The van der Waals surface area contributed by atoms with Crippen LogP contribution < -0.4 is 10.1 Å². The fourth-order valence-corrected chi connectivity index (χ4v) is 2.43. The zero-order valence-electron chi connectivity index (χ0n) is 14.1. The molecular formula is C21H20N2O2. The van der Waals surface area contributed by atoms with Crippen LogP contribution in [0.3, 0.4) is 0 Å². The van der Waals surface area contributed by atoms with Crippen molar-refractivity contribution in [3.63, 3.8) is 0 Å². The van der Waals surface area contributed by atoms with Crippen molar-refractivity contribution in [3.05, 3.63) is 84.2 Å². The first kappa shape index (κ1) is 16.7. The first-order valence-electron chi connectivity index (χ1n) is 8.23. The minimum Gasteiger partial charge on any atom is -0.457 e. The van der Waals surface area contributed by atoms with Gasteiger partial charge in [0.1, 0.15) is 11.5 Å². The standard InChI is InChI=1S/C21H20N2O2/c1-16-5-4-7-20(15-16)25-19-11-8-18(9-12-19)23-21(24)13-10-17-6-2-3-14-22-17/h2-9,11-12,14-15H,10,13H2,1H3,(H,23,24). The Labute approximate surface area is 147 Å². The molecule has 4 heteroatoms. The van der Waals surface area contributed by atoms with Crippen LogP contribution in [-0.2, 0) is 11.2 Å². The van der Waals surface area contributed by atoms with Crippen molar-refractivity contribution < 1.29 is 9.53 Å². The van der Waals surface area contributed by atoms with Crippen molar-refractivity contribution in [2.75, 3.05) is 5.32 Å². The van der Waals surface area contributed by atoms with Crippen LogP contribution in [0, 0.1) is 6.92 Å². The number of rotatable bonds is 6. The smallest absolute Gasteiger partial charge is 0.224 e. The van der Waals surface area contributed by atoms with Crippen LogP contribution in [0.15, 0.2) is 72.9 Å². The van der Waals surface area contributed by atoms with Gasteiger partial charge in [0.2, 0.25) is 5.91 Å². The summed E-state index contributed by atoms with van der Waals surface area (Å²) >= 11 is 0. The molecule has 0 radical (unpaired) electrons. The SMILES string of the molecule is Cc1cccc(Oc2ccc(NC(=O)CCc3ccccn3)cc2)c1. The molecule has 0 saturated carbocycles. The summed E-state index contributed by atoms with van der Waals surface area (Å²) in [5, 5.41) is 2.89. The van der Waals surface area contributed by atoms with Gasteiger partial charge >= 0.3 is 0 Å². The van der Waals surface area contributed by atoms with E-state index < -0.39 is 0 Å². The highest BCUT2D eigenvalue weighted by Gasteiger charge is 2.04. The van der Waals surface area contributed by atoms with Crippen LogP contribution in [0.2, 0.25) is 0 Å². The lowest BCUT2D eigenvalue weighted by Gasteiger charge is -2.08. The number of carbonyl (C=O) groups is 1. The van der Waals surface area contributed by atoms with E-state index >= 15 is 0 Å². The minimum absolute atomic E-state index is 0.0296. The Morgan fingerprint density at radius 1 is 1.00 bits per heavy atom. The van der Waals surface area contributed by atoms with Gasteiger partial charge in [0.15, 0.2) is 0 Å². The van der Waals surface area contributed by atoms with Crippen LogP contribution in [0.4, 0.5) is 5.69 Å². The van der Waals surface area contributed by atoms with Gasteiger partial charge in [0.25, 0.3) is 0 Å². The molecule has 1 amide bonds. The molecule has 1 aromatic heterocycles. The van der Waals surface area contributed by atoms with E-state index in [2.05, 4.69) is 10.3 Å².